The second-order valence-electron chi connectivity index (χ2n) is 19.3. The molecule has 0 spiro atoms. The lowest BCUT2D eigenvalue weighted by Crippen LogP contribution is -2.44. The number of ether oxygens (including phenoxy) is 8. The van der Waals surface area contributed by atoms with Crippen molar-refractivity contribution < 1.29 is 59.8 Å². The summed E-state index contributed by atoms with van der Waals surface area (Å²) in [5.74, 6) is 7.72. The van der Waals surface area contributed by atoms with E-state index in [-0.39, 0.29) is 108 Å². The van der Waals surface area contributed by atoms with Crippen molar-refractivity contribution in [1.29, 1.82) is 0 Å². The molecule has 434 valence electrons. The van der Waals surface area contributed by atoms with Crippen LogP contribution in [0.3, 0.4) is 0 Å². The summed E-state index contributed by atoms with van der Waals surface area (Å²) in [6.45, 7) is 8.40. The first kappa shape index (κ1) is 72.1. The van der Waals surface area contributed by atoms with E-state index in [9.17, 15) is 0 Å². The van der Waals surface area contributed by atoms with Crippen molar-refractivity contribution >= 4 is 49.6 Å². The summed E-state index contributed by atoms with van der Waals surface area (Å²) in [6.07, 6.45) is 10.4. The average molecular weight is 1150 g/mol. The van der Waals surface area contributed by atoms with Crippen LogP contribution in [0.2, 0.25) is 0 Å². The van der Waals surface area contributed by atoms with Crippen molar-refractivity contribution in [3.8, 4) is 46.0 Å². The van der Waals surface area contributed by atoms with Crippen LogP contribution in [0.15, 0.2) is 48.5 Å². The van der Waals surface area contributed by atoms with E-state index in [1.165, 1.54) is 44.5 Å². The van der Waals surface area contributed by atoms with E-state index >= 15 is 0 Å². The molecule has 0 fully saturated rings. The zero-order valence-electron chi connectivity index (χ0n) is 46.0. The first-order valence-corrected chi connectivity index (χ1v) is 25.2. The molecule has 6 unspecified atom stereocenters. The van der Waals surface area contributed by atoms with Gasteiger partial charge in [-0.2, -0.15) is 0 Å². The summed E-state index contributed by atoms with van der Waals surface area (Å²) in [6, 6.07) is 18.2. The van der Waals surface area contributed by atoms with Crippen molar-refractivity contribution in [3.63, 3.8) is 0 Å². The van der Waals surface area contributed by atoms with Crippen LogP contribution in [0.1, 0.15) is 121 Å². The van der Waals surface area contributed by atoms with Gasteiger partial charge >= 0.3 is 0 Å². The lowest BCUT2D eigenvalue weighted by atomic mass is 9.71. The molecule has 4 aromatic carbocycles. The van der Waals surface area contributed by atoms with Crippen LogP contribution in [-0.2, 0) is 25.7 Å². The Morgan fingerprint density at radius 2 is 0.553 bits per heavy atom. The van der Waals surface area contributed by atoms with Crippen LogP contribution in [0, 0.1) is 23.7 Å². The number of methoxy groups -OCH3 is 8. The third-order valence-corrected chi connectivity index (χ3v) is 16.0. The fraction of sp³-hybridized carbons (Fsp3) is 0.571. The van der Waals surface area contributed by atoms with Crippen LogP contribution in [0.25, 0.3) is 0 Å². The largest absolute Gasteiger partial charge is 0.493 e. The van der Waals surface area contributed by atoms with E-state index < -0.39 is 0 Å². The summed E-state index contributed by atoms with van der Waals surface area (Å²) in [4.78, 5) is 0. The Morgan fingerprint density at radius 1 is 0.355 bits per heavy atom. The number of hydrogen-bond donors (Lipinski definition) is 4. The number of fused-ring (bicyclic) bond motifs is 4. The highest BCUT2D eigenvalue weighted by Crippen LogP contribution is 2.50. The van der Waals surface area contributed by atoms with Gasteiger partial charge in [0.1, 0.15) is 0 Å². The summed E-state index contributed by atoms with van der Waals surface area (Å²) < 4.78 is 47.0. The zero-order valence-corrected chi connectivity index (χ0v) is 49.3. The Labute approximate surface area is 476 Å². The molecule has 0 aliphatic carbocycles. The van der Waals surface area contributed by atoms with E-state index in [0.29, 0.717) is 11.8 Å². The Kier molecular flexibility index (Phi) is 31.8. The number of hydrogen-bond acceptors (Lipinski definition) is 12. The lowest BCUT2D eigenvalue weighted by Gasteiger charge is -2.43. The van der Waals surface area contributed by atoms with Crippen molar-refractivity contribution in [2.24, 2.45) is 23.7 Å². The molecule has 0 saturated carbocycles. The number of benzene rings is 4. The standard InChI is InChI=1S/C56H78N4O8.4ClH.4H2O/c1-11-33(23-43(53-39-29-49(65-7)45(61-3)25-35(39)15-19-57-53)54-40-30-50(66-8)46(62-4)26-36(40)16-20-58-54)13-14-34(12-2)24-44(55-41-31-51(67-9)47(63-5)27-37(41)17-21-59-55)56-42-32-52(68-10)48(64-6)28-38(42)18-22-60-56;;;;;;;;/h25-34,43-44,53-60H,11-24H2,1-10H3;4*1H;4*1H2. The monoisotopic (exact) mass is 1150 g/mol. The van der Waals surface area contributed by atoms with Gasteiger partial charge in [-0.05, 0) is 181 Å². The molecule has 0 aromatic heterocycles. The zero-order chi connectivity index (χ0) is 47.9. The SMILES string of the molecule is CCC(CCC(CC)CC(C1NCCc2cc(OC)c(OC)cc21)C1NCCc2cc(OC)c(OC)cc21)CC(C1NCCc2cc(OC)c(OC)cc21)C1NCCc2cc(OC)c(OC)cc21.Cl.Cl.Cl.Cl.O.O.O.O. The van der Waals surface area contributed by atoms with Gasteiger partial charge in [0, 0.05) is 24.2 Å². The first-order valence-electron chi connectivity index (χ1n) is 25.2. The van der Waals surface area contributed by atoms with Crippen LogP contribution in [-0.4, -0.2) is 105 Å². The molecule has 12 N–H and O–H groups in total. The molecule has 4 aliphatic rings. The molecule has 0 saturated heterocycles. The van der Waals surface area contributed by atoms with Crippen LogP contribution in [0.4, 0.5) is 0 Å². The van der Waals surface area contributed by atoms with Crippen molar-refractivity contribution in [2.45, 2.75) is 102 Å². The van der Waals surface area contributed by atoms with Gasteiger partial charge in [0.05, 0.1) is 56.9 Å². The minimum absolute atomic E-state index is 0. The van der Waals surface area contributed by atoms with Gasteiger partial charge in [-0.15, -0.1) is 49.6 Å². The maximum Gasteiger partial charge on any atom is 0.161 e. The van der Waals surface area contributed by atoms with E-state index in [0.717, 1.165) is 136 Å². The third kappa shape index (κ3) is 15.1. The summed E-state index contributed by atoms with van der Waals surface area (Å²) in [5.41, 5.74) is 10.5. The van der Waals surface area contributed by atoms with Gasteiger partial charge in [0.25, 0.3) is 0 Å². The highest BCUT2D eigenvalue weighted by molar-refractivity contribution is 5.86. The van der Waals surface area contributed by atoms with Crippen LogP contribution >= 0.6 is 49.6 Å². The van der Waals surface area contributed by atoms with E-state index in [4.69, 9.17) is 37.9 Å². The van der Waals surface area contributed by atoms with E-state index in [2.05, 4.69) is 83.6 Å². The fourth-order valence-corrected chi connectivity index (χ4v) is 12.3. The lowest BCUT2D eigenvalue weighted by molar-refractivity contribution is 0.181. The van der Waals surface area contributed by atoms with Gasteiger partial charge < -0.3 is 81.1 Å². The van der Waals surface area contributed by atoms with Crippen molar-refractivity contribution in [2.75, 3.05) is 83.1 Å². The van der Waals surface area contributed by atoms with Gasteiger partial charge in [0.2, 0.25) is 0 Å². The molecule has 4 aromatic rings. The normalized spacial score (nSPS) is 19.1. The summed E-state index contributed by atoms with van der Waals surface area (Å²) >= 11 is 0. The van der Waals surface area contributed by atoms with Gasteiger partial charge in [-0.25, -0.2) is 0 Å². The molecule has 4 aliphatic heterocycles. The molecule has 6 atom stereocenters. The molecular weight excluding hydrogens is 1060 g/mol. The molecule has 76 heavy (non-hydrogen) atoms. The molecule has 0 bridgehead atoms. The maximum atomic E-state index is 5.94. The van der Waals surface area contributed by atoms with Crippen molar-refractivity contribution in [1.82, 2.24) is 21.3 Å². The average Bonchev–Trinajstić information content (AvgIpc) is 3.39. The molecule has 0 amide bonds. The minimum atomic E-state index is 0. The topological polar surface area (TPSA) is 248 Å². The first-order chi connectivity index (χ1) is 33.2. The Morgan fingerprint density at radius 3 is 0.737 bits per heavy atom. The molecule has 20 heteroatoms. The molecular formula is C56H90Cl4N4O12. The number of halogens is 4. The summed E-state index contributed by atoms with van der Waals surface area (Å²) in [7, 11) is 13.9. The molecule has 4 heterocycles. The Hall–Kier alpha value is -3.88. The van der Waals surface area contributed by atoms with Gasteiger partial charge in [0.15, 0.2) is 46.0 Å². The van der Waals surface area contributed by atoms with E-state index in [1.807, 2.05) is 0 Å². The van der Waals surface area contributed by atoms with E-state index in [1.54, 1.807) is 56.9 Å². The molecule has 0 radical (unpaired) electrons. The molecule has 16 nitrogen and oxygen atoms in total. The van der Waals surface area contributed by atoms with Crippen LogP contribution < -0.4 is 59.2 Å². The maximum absolute atomic E-state index is 5.94. The Bertz CT molecular complexity index is 2060. The highest BCUT2D eigenvalue weighted by atomic mass is 35.5. The van der Waals surface area contributed by atoms with Gasteiger partial charge in [-0.3, -0.25) is 0 Å². The predicted octanol–water partition coefficient (Wildman–Crippen LogP) is 7.84. The minimum Gasteiger partial charge on any atom is -0.493 e. The fourth-order valence-electron chi connectivity index (χ4n) is 12.3. The number of nitrogens with one attached hydrogen (secondary N) is 4. The van der Waals surface area contributed by atoms with Gasteiger partial charge in [-0.1, -0.05) is 39.5 Å². The highest BCUT2D eigenvalue weighted by Gasteiger charge is 2.41. The third-order valence-electron chi connectivity index (χ3n) is 16.0. The van der Waals surface area contributed by atoms with Crippen molar-refractivity contribution in [3.05, 3.63) is 93.0 Å². The van der Waals surface area contributed by atoms with Crippen LogP contribution in [0.5, 0.6) is 46.0 Å². The second kappa shape index (κ2) is 33.5. The summed E-state index contributed by atoms with van der Waals surface area (Å²) in [5, 5.41) is 16.2. The predicted molar refractivity (Wildman–Crippen MR) is 312 cm³/mol. The quantitative estimate of drug-likeness (QED) is 0.0623. The molecule has 8 rings (SSSR count). The second-order valence-corrected chi connectivity index (χ2v) is 19.3. The number of rotatable bonds is 21. The smallest absolute Gasteiger partial charge is 0.161 e. The Balaban J connectivity index is 0.00000703.